The molecule has 0 bridgehead atoms. The monoisotopic (exact) mass is 213 g/mol. The van der Waals surface area contributed by atoms with Gasteiger partial charge in [-0.25, -0.2) is 0 Å². The average molecular weight is 213 g/mol. The molecule has 0 spiro atoms. The second-order valence-corrected chi connectivity index (χ2v) is 5.24. The fourth-order valence-corrected chi connectivity index (χ4v) is 1.91. The van der Waals surface area contributed by atoms with Crippen molar-refractivity contribution in [1.29, 1.82) is 0 Å². The van der Waals surface area contributed by atoms with Crippen LogP contribution in [0.3, 0.4) is 0 Å². The van der Waals surface area contributed by atoms with E-state index in [0.29, 0.717) is 6.04 Å². The molecule has 0 aliphatic carbocycles. The van der Waals surface area contributed by atoms with Crippen molar-refractivity contribution in [1.82, 2.24) is 5.32 Å². The number of nitrogens with one attached hydrogen (secondary N) is 1. The highest BCUT2D eigenvalue weighted by Gasteiger charge is 1.98. The largest absolute Gasteiger partial charge is 0.314 e. The number of unbranched alkanes of at least 4 members (excludes halogenated alkanes) is 3. The Bertz CT molecular complexity index is 121. The summed E-state index contributed by atoms with van der Waals surface area (Å²) in [6.45, 7) is 10.4. The molecular formula is C14H31N. The van der Waals surface area contributed by atoms with Gasteiger partial charge in [0.1, 0.15) is 0 Å². The van der Waals surface area contributed by atoms with E-state index in [9.17, 15) is 0 Å². The third kappa shape index (κ3) is 11.9. The summed E-state index contributed by atoms with van der Waals surface area (Å²) >= 11 is 0. The maximum Gasteiger partial charge on any atom is 0.00386 e. The molecule has 0 heterocycles. The van der Waals surface area contributed by atoms with Crippen molar-refractivity contribution in [3.63, 3.8) is 0 Å². The maximum atomic E-state index is 3.58. The van der Waals surface area contributed by atoms with E-state index in [0.717, 1.165) is 5.92 Å². The molecule has 0 aliphatic rings. The predicted octanol–water partition coefficient (Wildman–Crippen LogP) is 4.37. The molecule has 0 rings (SSSR count). The molecule has 0 fully saturated rings. The third-order valence-corrected chi connectivity index (χ3v) is 2.92. The fraction of sp³-hybridized carbons (Fsp3) is 1.00. The Kier molecular flexibility index (Phi) is 10.4. The second kappa shape index (κ2) is 10.5. The smallest absolute Gasteiger partial charge is 0.00386 e. The van der Waals surface area contributed by atoms with E-state index in [1.54, 1.807) is 0 Å². The van der Waals surface area contributed by atoms with Gasteiger partial charge in [0, 0.05) is 6.04 Å². The Labute approximate surface area is 97.0 Å². The fourth-order valence-electron chi connectivity index (χ4n) is 1.91. The Morgan fingerprint density at radius 2 is 1.53 bits per heavy atom. The van der Waals surface area contributed by atoms with Crippen LogP contribution in [0.15, 0.2) is 0 Å². The van der Waals surface area contributed by atoms with Gasteiger partial charge in [0.05, 0.1) is 0 Å². The summed E-state index contributed by atoms with van der Waals surface area (Å²) in [5.41, 5.74) is 0. The molecule has 92 valence electrons. The van der Waals surface area contributed by atoms with Gasteiger partial charge in [-0.15, -0.1) is 0 Å². The van der Waals surface area contributed by atoms with Crippen LogP contribution in [0.1, 0.15) is 72.6 Å². The van der Waals surface area contributed by atoms with Gasteiger partial charge < -0.3 is 5.32 Å². The van der Waals surface area contributed by atoms with Gasteiger partial charge in [0.15, 0.2) is 0 Å². The molecule has 0 aromatic heterocycles. The molecule has 1 unspecified atom stereocenters. The van der Waals surface area contributed by atoms with Crippen molar-refractivity contribution < 1.29 is 0 Å². The Hall–Kier alpha value is -0.0400. The van der Waals surface area contributed by atoms with Gasteiger partial charge in [-0.05, 0) is 32.2 Å². The SMILES string of the molecule is CCCC(C)NCCCCCCC(C)C. The minimum Gasteiger partial charge on any atom is -0.314 e. The molecule has 0 radical (unpaired) electrons. The molecule has 0 saturated heterocycles. The van der Waals surface area contributed by atoms with Crippen LogP contribution in [0.2, 0.25) is 0 Å². The summed E-state index contributed by atoms with van der Waals surface area (Å²) in [5.74, 6) is 0.882. The van der Waals surface area contributed by atoms with Crippen molar-refractivity contribution in [2.75, 3.05) is 6.54 Å². The molecule has 0 aliphatic heterocycles. The van der Waals surface area contributed by atoms with E-state index in [4.69, 9.17) is 0 Å². The van der Waals surface area contributed by atoms with Gasteiger partial charge in [0.2, 0.25) is 0 Å². The lowest BCUT2D eigenvalue weighted by atomic mass is 10.0. The van der Waals surface area contributed by atoms with E-state index >= 15 is 0 Å². The first-order valence-corrected chi connectivity index (χ1v) is 6.90. The molecule has 1 heteroatoms. The lowest BCUT2D eigenvalue weighted by molar-refractivity contribution is 0.477. The van der Waals surface area contributed by atoms with Crippen LogP contribution in [0.5, 0.6) is 0 Å². The lowest BCUT2D eigenvalue weighted by Crippen LogP contribution is -2.26. The van der Waals surface area contributed by atoms with Crippen molar-refractivity contribution in [3.05, 3.63) is 0 Å². The zero-order valence-corrected chi connectivity index (χ0v) is 11.3. The molecule has 15 heavy (non-hydrogen) atoms. The molecule has 1 atom stereocenters. The summed E-state index contributed by atoms with van der Waals surface area (Å²) in [6, 6.07) is 0.714. The van der Waals surface area contributed by atoms with E-state index in [2.05, 4.69) is 33.0 Å². The van der Waals surface area contributed by atoms with Crippen molar-refractivity contribution in [2.24, 2.45) is 5.92 Å². The van der Waals surface area contributed by atoms with Gasteiger partial charge >= 0.3 is 0 Å². The highest BCUT2D eigenvalue weighted by Crippen LogP contribution is 2.09. The summed E-state index contributed by atoms with van der Waals surface area (Å²) < 4.78 is 0. The molecule has 0 amide bonds. The summed E-state index contributed by atoms with van der Waals surface area (Å²) in [5, 5.41) is 3.58. The van der Waals surface area contributed by atoms with E-state index < -0.39 is 0 Å². The lowest BCUT2D eigenvalue weighted by Gasteiger charge is -2.12. The topological polar surface area (TPSA) is 12.0 Å². The number of hydrogen-bond acceptors (Lipinski definition) is 1. The first kappa shape index (κ1) is 15.0. The molecular weight excluding hydrogens is 182 g/mol. The first-order valence-electron chi connectivity index (χ1n) is 6.90. The number of rotatable bonds is 10. The molecule has 0 saturated carbocycles. The van der Waals surface area contributed by atoms with Gasteiger partial charge in [-0.3, -0.25) is 0 Å². The van der Waals surface area contributed by atoms with Crippen molar-refractivity contribution in [3.8, 4) is 0 Å². The van der Waals surface area contributed by atoms with Crippen molar-refractivity contribution >= 4 is 0 Å². The van der Waals surface area contributed by atoms with Crippen LogP contribution in [-0.2, 0) is 0 Å². The highest BCUT2D eigenvalue weighted by molar-refractivity contribution is 4.59. The summed E-state index contributed by atoms with van der Waals surface area (Å²) in [4.78, 5) is 0. The van der Waals surface area contributed by atoms with Gasteiger partial charge in [-0.1, -0.05) is 52.9 Å². The summed E-state index contributed by atoms with van der Waals surface area (Å²) in [7, 11) is 0. The van der Waals surface area contributed by atoms with Crippen LogP contribution in [0.4, 0.5) is 0 Å². The van der Waals surface area contributed by atoms with Gasteiger partial charge in [-0.2, -0.15) is 0 Å². The quantitative estimate of drug-likeness (QED) is 0.531. The van der Waals surface area contributed by atoms with E-state index in [-0.39, 0.29) is 0 Å². The minimum absolute atomic E-state index is 0.714. The summed E-state index contributed by atoms with van der Waals surface area (Å²) in [6.07, 6.45) is 9.60. The molecule has 1 nitrogen and oxygen atoms in total. The Balaban J connectivity index is 3.04. The third-order valence-electron chi connectivity index (χ3n) is 2.92. The molecule has 1 N–H and O–H groups in total. The van der Waals surface area contributed by atoms with Gasteiger partial charge in [0.25, 0.3) is 0 Å². The minimum atomic E-state index is 0.714. The van der Waals surface area contributed by atoms with E-state index in [1.165, 1.54) is 51.5 Å². The van der Waals surface area contributed by atoms with Crippen LogP contribution in [0.25, 0.3) is 0 Å². The predicted molar refractivity (Wildman–Crippen MR) is 70.3 cm³/mol. The zero-order valence-electron chi connectivity index (χ0n) is 11.3. The average Bonchev–Trinajstić information content (AvgIpc) is 2.16. The Morgan fingerprint density at radius 3 is 2.13 bits per heavy atom. The highest BCUT2D eigenvalue weighted by atomic mass is 14.9. The standard InChI is InChI=1S/C14H31N/c1-5-10-14(4)15-12-9-7-6-8-11-13(2)3/h13-15H,5-12H2,1-4H3. The second-order valence-electron chi connectivity index (χ2n) is 5.24. The van der Waals surface area contributed by atoms with Crippen LogP contribution in [-0.4, -0.2) is 12.6 Å². The first-order chi connectivity index (χ1) is 7.16. The normalized spacial score (nSPS) is 13.4. The molecule has 0 aromatic carbocycles. The van der Waals surface area contributed by atoms with E-state index in [1.807, 2.05) is 0 Å². The zero-order chi connectivity index (χ0) is 11.5. The van der Waals surface area contributed by atoms with Crippen LogP contribution >= 0.6 is 0 Å². The molecule has 0 aromatic rings. The maximum absolute atomic E-state index is 3.58. The van der Waals surface area contributed by atoms with Crippen LogP contribution in [0, 0.1) is 5.92 Å². The number of hydrogen-bond donors (Lipinski definition) is 1. The van der Waals surface area contributed by atoms with Crippen molar-refractivity contribution in [2.45, 2.75) is 78.7 Å². The Morgan fingerprint density at radius 1 is 0.867 bits per heavy atom. The van der Waals surface area contributed by atoms with Crippen LogP contribution < -0.4 is 5.32 Å².